The Morgan fingerprint density at radius 1 is 1.30 bits per heavy atom. The molecule has 2 heterocycles. The maximum atomic E-state index is 12.8. The largest absolute Gasteiger partial charge is 0.453 e. The second-order valence-corrected chi connectivity index (χ2v) is 5.20. The van der Waals surface area contributed by atoms with E-state index in [0.717, 1.165) is 11.8 Å². The number of nitrogens with zero attached hydrogens (tertiary/aromatic N) is 5. The summed E-state index contributed by atoms with van der Waals surface area (Å²) < 4.78 is 39.1. The van der Waals surface area contributed by atoms with Crippen molar-refractivity contribution in [3.8, 4) is 0 Å². The van der Waals surface area contributed by atoms with Crippen molar-refractivity contribution in [2.45, 2.75) is 11.3 Å². The highest BCUT2D eigenvalue weighted by Crippen LogP contribution is 2.32. The Hall–Kier alpha value is -1.95. The fourth-order valence-corrected chi connectivity index (χ4v) is 2.68. The minimum Gasteiger partial charge on any atom is -0.258 e. The SMILES string of the molecule is Br.O=[N+]([O-])c1cccc(C2=Nn3c(nnc3C(F)(F)F)SC2)c1. The standard InChI is InChI=1S/C11H6F3N5O2S.BrH/c12-11(13,14)9-15-16-10-18(9)17-8(5-22-10)6-2-1-3-7(4-6)19(20)21;/h1-4H,5H2;1H. The van der Waals surface area contributed by atoms with E-state index in [1.54, 1.807) is 6.07 Å². The van der Waals surface area contributed by atoms with Crippen molar-refractivity contribution in [1.82, 2.24) is 14.9 Å². The molecule has 1 aromatic carbocycles. The van der Waals surface area contributed by atoms with Gasteiger partial charge in [-0.2, -0.15) is 22.9 Å². The summed E-state index contributed by atoms with van der Waals surface area (Å²) in [7, 11) is 0. The lowest BCUT2D eigenvalue weighted by molar-refractivity contribution is -0.384. The fraction of sp³-hybridized carbons (Fsp3) is 0.182. The van der Waals surface area contributed by atoms with Gasteiger partial charge < -0.3 is 0 Å². The second kappa shape index (κ2) is 6.28. The zero-order valence-corrected chi connectivity index (χ0v) is 13.5. The predicted octanol–water partition coefficient (Wildman–Crippen LogP) is 3.14. The average molecular weight is 410 g/mol. The summed E-state index contributed by atoms with van der Waals surface area (Å²) in [6.07, 6.45) is -4.68. The Kier molecular flexibility index (Phi) is 4.75. The predicted molar refractivity (Wildman–Crippen MR) is 81.1 cm³/mol. The van der Waals surface area contributed by atoms with E-state index >= 15 is 0 Å². The second-order valence-electron chi connectivity index (χ2n) is 4.26. The Labute approximate surface area is 141 Å². The molecule has 12 heteroatoms. The summed E-state index contributed by atoms with van der Waals surface area (Å²) in [6.45, 7) is 0. The fourth-order valence-electron chi connectivity index (χ4n) is 1.84. The molecule has 0 radical (unpaired) electrons. The molecule has 0 fully saturated rings. The third kappa shape index (κ3) is 3.37. The van der Waals surface area contributed by atoms with E-state index in [1.807, 2.05) is 0 Å². The molecule has 0 unspecified atom stereocenters. The average Bonchev–Trinajstić information content (AvgIpc) is 2.90. The van der Waals surface area contributed by atoms with Crippen LogP contribution in [0, 0.1) is 10.1 Å². The number of rotatable bonds is 2. The number of non-ortho nitro benzene ring substituents is 1. The van der Waals surface area contributed by atoms with Crippen molar-refractivity contribution in [1.29, 1.82) is 0 Å². The normalized spacial score (nSPS) is 13.8. The minimum atomic E-state index is -4.68. The minimum absolute atomic E-state index is 0. The van der Waals surface area contributed by atoms with Crippen molar-refractivity contribution in [2.24, 2.45) is 5.10 Å². The first kappa shape index (κ1) is 17.4. The summed E-state index contributed by atoms with van der Waals surface area (Å²) in [5.41, 5.74) is 0.511. The van der Waals surface area contributed by atoms with Gasteiger partial charge in [0, 0.05) is 23.4 Å². The van der Waals surface area contributed by atoms with Crippen LogP contribution < -0.4 is 0 Å². The first-order chi connectivity index (χ1) is 10.4. The Morgan fingerprint density at radius 3 is 2.70 bits per heavy atom. The lowest BCUT2D eigenvalue weighted by Gasteiger charge is -2.14. The Balaban J connectivity index is 0.00000192. The van der Waals surface area contributed by atoms with Crippen LogP contribution in [-0.2, 0) is 6.18 Å². The maximum Gasteiger partial charge on any atom is 0.453 e. The van der Waals surface area contributed by atoms with Crippen LogP contribution in [0.1, 0.15) is 11.4 Å². The molecule has 0 N–H and O–H groups in total. The van der Waals surface area contributed by atoms with Crippen LogP contribution in [-0.4, -0.2) is 31.3 Å². The molecular formula is C11H7BrF3N5O2S. The number of alkyl halides is 3. The van der Waals surface area contributed by atoms with Gasteiger partial charge in [0.05, 0.1) is 10.6 Å². The number of aromatic nitrogens is 3. The Morgan fingerprint density at radius 2 is 2.04 bits per heavy atom. The number of nitro benzene ring substituents is 1. The van der Waals surface area contributed by atoms with Crippen LogP contribution >= 0.6 is 28.7 Å². The molecule has 0 saturated carbocycles. The van der Waals surface area contributed by atoms with Gasteiger partial charge in [0.25, 0.3) is 11.5 Å². The first-order valence-corrected chi connectivity index (χ1v) is 6.83. The van der Waals surface area contributed by atoms with Crippen molar-refractivity contribution in [3.05, 3.63) is 45.8 Å². The number of nitro groups is 1. The molecular weight excluding hydrogens is 403 g/mol. The van der Waals surface area contributed by atoms with Gasteiger partial charge in [0.1, 0.15) is 0 Å². The lowest BCUT2D eigenvalue weighted by Crippen LogP contribution is -2.18. The van der Waals surface area contributed by atoms with E-state index in [4.69, 9.17) is 0 Å². The highest BCUT2D eigenvalue weighted by molar-refractivity contribution is 8.93. The van der Waals surface area contributed by atoms with Crippen LogP contribution in [0.4, 0.5) is 18.9 Å². The Bertz CT molecular complexity index is 792. The molecule has 122 valence electrons. The van der Waals surface area contributed by atoms with Crippen LogP contribution in [0.5, 0.6) is 0 Å². The molecule has 0 aliphatic carbocycles. The molecule has 1 aliphatic heterocycles. The van der Waals surface area contributed by atoms with Gasteiger partial charge in [0.15, 0.2) is 0 Å². The van der Waals surface area contributed by atoms with Gasteiger partial charge in [-0.05, 0) is 0 Å². The number of fused-ring (bicyclic) bond motifs is 1. The van der Waals surface area contributed by atoms with Gasteiger partial charge in [-0.25, -0.2) is 0 Å². The number of hydrogen-bond acceptors (Lipinski definition) is 6. The summed E-state index contributed by atoms with van der Waals surface area (Å²) >= 11 is 1.03. The van der Waals surface area contributed by atoms with Gasteiger partial charge in [0.2, 0.25) is 5.16 Å². The lowest BCUT2D eigenvalue weighted by atomic mass is 10.1. The van der Waals surface area contributed by atoms with Crippen molar-refractivity contribution < 1.29 is 18.1 Å². The molecule has 2 aromatic rings. The summed E-state index contributed by atoms with van der Waals surface area (Å²) in [6, 6.07) is 5.56. The van der Waals surface area contributed by atoms with Gasteiger partial charge in [-0.15, -0.1) is 27.2 Å². The number of benzene rings is 1. The third-order valence-electron chi connectivity index (χ3n) is 2.81. The monoisotopic (exact) mass is 409 g/mol. The molecule has 1 aromatic heterocycles. The van der Waals surface area contributed by atoms with Crippen molar-refractivity contribution in [3.63, 3.8) is 0 Å². The quantitative estimate of drug-likeness (QED) is 0.561. The van der Waals surface area contributed by atoms with Crippen LogP contribution in [0.3, 0.4) is 0 Å². The van der Waals surface area contributed by atoms with Crippen LogP contribution in [0.15, 0.2) is 34.5 Å². The van der Waals surface area contributed by atoms with Crippen molar-refractivity contribution in [2.75, 3.05) is 5.75 Å². The molecule has 0 spiro atoms. The van der Waals surface area contributed by atoms with E-state index in [9.17, 15) is 23.3 Å². The molecule has 0 saturated heterocycles. The van der Waals surface area contributed by atoms with Gasteiger partial charge >= 0.3 is 6.18 Å². The maximum absolute atomic E-state index is 12.8. The van der Waals surface area contributed by atoms with Crippen molar-refractivity contribution >= 4 is 40.1 Å². The number of hydrogen-bond donors (Lipinski definition) is 0. The van der Waals surface area contributed by atoms with Crippen LogP contribution in [0.25, 0.3) is 0 Å². The molecule has 0 bridgehead atoms. The molecule has 3 rings (SSSR count). The summed E-state index contributed by atoms with van der Waals surface area (Å²) in [4.78, 5) is 10.2. The van der Waals surface area contributed by atoms with E-state index in [2.05, 4.69) is 15.3 Å². The number of halogens is 4. The summed E-state index contributed by atoms with van der Waals surface area (Å²) in [5, 5.41) is 21.2. The zero-order chi connectivity index (χ0) is 15.9. The molecule has 1 aliphatic rings. The van der Waals surface area contributed by atoms with Gasteiger partial charge in [-0.3, -0.25) is 10.1 Å². The molecule has 0 atom stereocenters. The topological polar surface area (TPSA) is 86.2 Å². The van der Waals surface area contributed by atoms with E-state index < -0.39 is 16.9 Å². The molecule has 0 amide bonds. The van der Waals surface area contributed by atoms with E-state index in [1.165, 1.54) is 18.2 Å². The van der Waals surface area contributed by atoms with E-state index in [0.29, 0.717) is 10.2 Å². The van der Waals surface area contributed by atoms with E-state index in [-0.39, 0.29) is 39.3 Å². The molecule has 7 nitrogen and oxygen atoms in total. The molecule has 23 heavy (non-hydrogen) atoms. The third-order valence-corrected chi connectivity index (χ3v) is 3.75. The highest BCUT2D eigenvalue weighted by atomic mass is 79.9. The van der Waals surface area contributed by atoms with Crippen LogP contribution in [0.2, 0.25) is 0 Å². The van der Waals surface area contributed by atoms with Gasteiger partial charge in [-0.1, -0.05) is 23.9 Å². The zero-order valence-electron chi connectivity index (χ0n) is 11.0. The highest BCUT2D eigenvalue weighted by Gasteiger charge is 2.40. The summed E-state index contributed by atoms with van der Waals surface area (Å²) in [5.74, 6) is -0.977. The smallest absolute Gasteiger partial charge is 0.258 e. The number of thioether (sulfide) groups is 1. The first-order valence-electron chi connectivity index (χ1n) is 5.84.